The Hall–Kier alpha value is -1.64. The van der Waals surface area contributed by atoms with Gasteiger partial charge in [-0.25, -0.2) is 4.79 Å². The summed E-state index contributed by atoms with van der Waals surface area (Å²) in [5.74, 6) is -2.14. The van der Waals surface area contributed by atoms with Gasteiger partial charge in [0.25, 0.3) is 0 Å². The molecule has 0 aromatic heterocycles. The van der Waals surface area contributed by atoms with Crippen molar-refractivity contribution < 1.29 is 54.4 Å². The van der Waals surface area contributed by atoms with Crippen LogP contribution in [0.5, 0.6) is 0 Å². The van der Waals surface area contributed by atoms with Crippen LogP contribution in [-0.4, -0.2) is 117 Å². The monoisotopic (exact) mass is 491 g/mol. The molecule has 0 radical (unpaired) electrons. The molecule has 6 atom stereocenters. The van der Waals surface area contributed by atoms with Gasteiger partial charge in [-0.1, -0.05) is 6.08 Å². The first kappa shape index (κ1) is 28.6. The average Bonchev–Trinajstić information content (AvgIpc) is 2.79. The summed E-state index contributed by atoms with van der Waals surface area (Å²) >= 11 is 0. The number of carboxylic acid groups (broad SMARTS) is 1. The van der Waals surface area contributed by atoms with Gasteiger partial charge in [-0.05, 0) is 25.7 Å². The zero-order valence-electron chi connectivity index (χ0n) is 19.3. The maximum Gasteiger partial charge on any atom is 0.339 e. The van der Waals surface area contributed by atoms with Crippen LogP contribution < -0.4 is 5.32 Å². The lowest BCUT2D eigenvalue weighted by Crippen LogP contribution is -2.73. The Morgan fingerprint density at radius 1 is 1.26 bits per heavy atom. The van der Waals surface area contributed by atoms with Crippen LogP contribution in [0.15, 0.2) is 12.7 Å². The Bertz CT molecular complexity index is 696. The summed E-state index contributed by atoms with van der Waals surface area (Å²) in [7, 11) is 0. The highest BCUT2D eigenvalue weighted by Gasteiger charge is 2.64. The maximum absolute atomic E-state index is 12.5. The second-order valence-corrected chi connectivity index (χ2v) is 8.92. The minimum absolute atomic E-state index is 0.0274. The lowest BCUT2D eigenvalue weighted by Gasteiger charge is -2.54. The zero-order chi connectivity index (χ0) is 25.5. The lowest BCUT2D eigenvalue weighted by molar-refractivity contribution is -0.282. The third-order valence-corrected chi connectivity index (χ3v) is 6.56. The van der Waals surface area contributed by atoms with Crippen molar-refractivity contribution in [2.75, 3.05) is 26.4 Å². The molecular formula is C22H37NO11. The lowest BCUT2D eigenvalue weighted by atomic mass is 9.67. The standard InChI is InChI=1S/C22H37NO11/c1-3-8-32-9-10-33-14-4-6-21(31,7-5-14)22(20(29)30)11-15(26)17(23-13(2)25)19(34-22)18(28)16(27)12-24/h3,14-19,24,26-28,31H,1,4-12H2,2H3,(H,23,25)(H,29,30)/t14?,15-,16+,17+,18+,19+,21?,22+/m0/s1. The normalized spacial score (nSPS) is 35.8. The van der Waals surface area contributed by atoms with Crippen LogP contribution >= 0.6 is 0 Å². The molecule has 196 valence electrons. The van der Waals surface area contributed by atoms with Crippen LogP contribution in [0.4, 0.5) is 0 Å². The molecule has 1 heterocycles. The SMILES string of the molecule is C=CCOCCOC1CCC(O)([C@]2(C(=O)O)C[C@H](O)[C@@H](NC(C)=O)[C@H]([C@H](O)[C@H](O)CO)O2)CC1. The number of nitrogens with one attached hydrogen (secondary N) is 1. The third kappa shape index (κ3) is 6.32. The van der Waals surface area contributed by atoms with Gasteiger partial charge in [0.1, 0.15) is 23.9 Å². The highest BCUT2D eigenvalue weighted by molar-refractivity contribution is 5.80. The molecule has 1 saturated heterocycles. The van der Waals surface area contributed by atoms with Crippen molar-refractivity contribution in [1.29, 1.82) is 0 Å². The first-order valence-electron chi connectivity index (χ1n) is 11.4. The van der Waals surface area contributed by atoms with Gasteiger partial charge in [-0.2, -0.15) is 0 Å². The Morgan fingerprint density at radius 2 is 1.91 bits per heavy atom. The van der Waals surface area contributed by atoms with Crippen molar-refractivity contribution in [2.45, 2.75) is 86.8 Å². The molecule has 1 aliphatic heterocycles. The number of aliphatic carboxylic acids is 1. The van der Waals surface area contributed by atoms with Gasteiger partial charge in [-0.3, -0.25) is 4.79 Å². The Kier molecular flexibility index (Phi) is 10.4. The number of carboxylic acids is 1. The van der Waals surface area contributed by atoms with E-state index in [1.54, 1.807) is 6.08 Å². The number of aliphatic hydroxyl groups is 5. The fraction of sp³-hybridized carbons (Fsp3) is 0.818. The molecule has 0 aromatic carbocycles. The van der Waals surface area contributed by atoms with Crippen molar-refractivity contribution in [3.63, 3.8) is 0 Å². The van der Waals surface area contributed by atoms with E-state index in [1.165, 1.54) is 0 Å². The van der Waals surface area contributed by atoms with E-state index in [2.05, 4.69) is 11.9 Å². The number of carbonyl (C=O) groups is 2. The van der Waals surface area contributed by atoms with E-state index in [0.29, 0.717) is 32.7 Å². The fourth-order valence-corrected chi connectivity index (χ4v) is 4.73. The summed E-state index contributed by atoms with van der Waals surface area (Å²) in [5.41, 5.74) is -4.26. The summed E-state index contributed by atoms with van der Waals surface area (Å²) in [6, 6.07) is -1.28. The smallest absolute Gasteiger partial charge is 0.339 e. The number of ether oxygens (including phenoxy) is 3. The third-order valence-electron chi connectivity index (χ3n) is 6.56. The van der Waals surface area contributed by atoms with Crippen molar-refractivity contribution >= 4 is 11.9 Å². The van der Waals surface area contributed by atoms with E-state index in [0.717, 1.165) is 6.92 Å². The summed E-state index contributed by atoms with van der Waals surface area (Å²) in [6.45, 7) is 4.92. The van der Waals surface area contributed by atoms with E-state index in [-0.39, 0.29) is 18.9 Å². The van der Waals surface area contributed by atoms with Crippen LogP contribution in [0.1, 0.15) is 39.0 Å². The Morgan fingerprint density at radius 3 is 2.44 bits per heavy atom. The van der Waals surface area contributed by atoms with Crippen molar-refractivity contribution in [3.05, 3.63) is 12.7 Å². The van der Waals surface area contributed by atoms with Gasteiger partial charge in [-0.15, -0.1) is 6.58 Å². The van der Waals surface area contributed by atoms with Crippen LogP contribution in [-0.2, 0) is 23.8 Å². The number of hydrogen-bond acceptors (Lipinski definition) is 10. The van der Waals surface area contributed by atoms with Crippen molar-refractivity contribution in [1.82, 2.24) is 5.32 Å². The fourth-order valence-electron chi connectivity index (χ4n) is 4.73. The van der Waals surface area contributed by atoms with E-state index >= 15 is 0 Å². The predicted molar refractivity (Wildman–Crippen MR) is 117 cm³/mol. The van der Waals surface area contributed by atoms with E-state index in [4.69, 9.17) is 14.2 Å². The molecule has 1 saturated carbocycles. The minimum Gasteiger partial charge on any atom is -0.479 e. The molecule has 0 spiro atoms. The van der Waals surface area contributed by atoms with Crippen LogP contribution in [0.25, 0.3) is 0 Å². The quantitative estimate of drug-likeness (QED) is 0.119. The number of aliphatic hydroxyl groups excluding tert-OH is 4. The number of carbonyl (C=O) groups excluding carboxylic acids is 1. The molecule has 12 nitrogen and oxygen atoms in total. The largest absolute Gasteiger partial charge is 0.479 e. The molecule has 2 aliphatic rings. The van der Waals surface area contributed by atoms with Gasteiger partial charge in [0.2, 0.25) is 5.91 Å². The number of hydrogen-bond donors (Lipinski definition) is 7. The minimum atomic E-state index is -2.33. The van der Waals surface area contributed by atoms with Gasteiger partial charge in [0.05, 0.1) is 44.7 Å². The van der Waals surface area contributed by atoms with Gasteiger partial charge < -0.3 is 50.2 Å². The van der Waals surface area contributed by atoms with E-state index < -0.39 is 66.6 Å². The van der Waals surface area contributed by atoms with E-state index in [9.17, 15) is 40.2 Å². The van der Waals surface area contributed by atoms with E-state index in [1.807, 2.05) is 0 Å². The molecule has 0 aromatic rings. The Labute approximate surface area is 198 Å². The second kappa shape index (κ2) is 12.4. The maximum atomic E-state index is 12.5. The summed E-state index contributed by atoms with van der Waals surface area (Å²) in [4.78, 5) is 24.1. The van der Waals surface area contributed by atoms with Crippen molar-refractivity contribution in [3.8, 4) is 0 Å². The molecule has 1 aliphatic carbocycles. The molecular weight excluding hydrogens is 454 g/mol. The van der Waals surface area contributed by atoms with Crippen LogP contribution in [0, 0.1) is 0 Å². The van der Waals surface area contributed by atoms with Crippen LogP contribution in [0.3, 0.4) is 0 Å². The first-order chi connectivity index (χ1) is 16.0. The number of rotatable bonds is 12. The van der Waals surface area contributed by atoms with Gasteiger partial charge in [0.15, 0.2) is 5.60 Å². The summed E-state index contributed by atoms with van der Waals surface area (Å²) in [5, 5.41) is 64.5. The molecule has 34 heavy (non-hydrogen) atoms. The first-order valence-corrected chi connectivity index (χ1v) is 11.4. The molecule has 2 fully saturated rings. The highest BCUT2D eigenvalue weighted by atomic mass is 16.6. The molecule has 1 amide bonds. The topological polar surface area (TPSA) is 195 Å². The Balaban J connectivity index is 2.22. The molecule has 2 rings (SSSR count). The van der Waals surface area contributed by atoms with Crippen molar-refractivity contribution in [2.24, 2.45) is 0 Å². The van der Waals surface area contributed by atoms with Crippen LogP contribution in [0.2, 0.25) is 0 Å². The summed E-state index contributed by atoms with van der Waals surface area (Å²) in [6.07, 6.45) is -5.35. The summed E-state index contributed by atoms with van der Waals surface area (Å²) < 4.78 is 16.8. The van der Waals surface area contributed by atoms with Gasteiger partial charge >= 0.3 is 5.97 Å². The highest BCUT2D eigenvalue weighted by Crippen LogP contribution is 2.46. The number of amides is 1. The molecule has 12 heteroatoms. The molecule has 7 N–H and O–H groups in total. The second-order valence-electron chi connectivity index (χ2n) is 8.92. The molecule has 0 bridgehead atoms. The van der Waals surface area contributed by atoms with Gasteiger partial charge in [0, 0.05) is 13.3 Å². The average molecular weight is 492 g/mol. The zero-order valence-corrected chi connectivity index (χ0v) is 19.3. The molecule has 0 unspecified atom stereocenters. The predicted octanol–water partition coefficient (Wildman–Crippen LogP) is -1.93.